The van der Waals surface area contributed by atoms with Crippen molar-refractivity contribution in [1.29, 1.82) is 0 Å². The van der Waals surface area contributed by atoms with Gasteiger partial charge in [-0.25, -0.2) is 0 Å². The summed E-state index contributed by atoms with van der Waals surface area (Å²) in [5.74, 6) is -0.0605. The Morgan fingerprint density at radius 1 is 0.500 bits per heavy atom. The molecule has 4 nitrogen and oxygen atoms in total. The van der Waals surface area contributed by atoms with Crippen LogP contribution in [0.15, 0.2) is 12.2 Å². The first-order valence-electron chi connectivity index (χ1n) is 21.9. The quantitative estimate of drug-likeness (QED) is 0.0449. The Morgan fingerprint density at radius 2 is 0.792 bits per heavy atom. The van der Waals surface area contributed by atoms with E-state index in [0.717, 1.165) is 25.7 Å². The minimum atomic E-state index is -0.832. The summed E-state index contributed by atoms with van der Waals surface area (Å²) < 4.78 is 0. The standard InChI is InChI=1S/C42H83NO3.C2H6/c1-3-5-7-9-11-13-15-17-18-19-20-21-22-23-24-26-28-30-32-34-36-38-42(46)43-40(39-44)41(45)37-35-33-31-29-27-25-16-14-12-10-8-6-4-2;1-2/h35,37,40-41,44-45H,3-34,36,38-39H2,1-2H3,(H,43,46);1-2H3/b37-35+;. The lowest BCUT2D eigenvalue weighted by atomic mass is 10.0. The fourth-order valence-corrected chi connectivity index (χ4v) is 6.53. The Morgan fingerprint density at radius 3 is 1.10 bits per heavy atom. The van der Waals surface area contributed by atoms with Crippen molar-refractivity contribution in [2.24, 2.45) is 0 Å². The Bertz CT molecular complexity index is 622. The number of rotatable bonds is 38. The van der Waals surface area contributed by atoms with Crippen molar-refractivity contribution in [3.63, 3.8) is 0 Å². The number of carbonyl (C=O) groups excluding carboxylic acids is 1. The second-order valence-corrected chi connectivity index (χ2v) is 14.4. The van der Waals surface area contributed by atoms with Crippen LogP contribution in [-0.4, -0.2) is 34.9 Å². The average molecular weight is 680 g/mol. The molecule has 288 valence electrons. The predicted molar refractivity (Wildman–Crippen MR) is 214 cm³/mol. The maximum atomic E-state index is 12.3. The summed E-state index contributed by atoms with van der Waals surface area (Å²) in [4.78, 5) is 12.3. The Kier molecular flexibility index (Phi) is 45.3. The molecule has 0 aliphatic rings. The maximum absolute atomic E-state index is 12.3. The van der Waals surface area contributed by atoms with Gasteiger partial charge in [-0.3, -0.25) is 4.79 Å². The Labute approximate surface area is 302 Å². The molecule has 48 heavy (non-hydrogen) atoms. The van der Waals surface area contributed by atoms with Crippen molar-refractivity contribution in [3.8, 4) is 0 Å². The van der Waals surface area contributed by atoms with Crippen LogP contribution in [-0.2, 0) is 4.79 Å². The number of hydrogen-bond acceptors (Lipinski definition) is 3. The third-order valence-corrected chi connectivity index (χ3v) is 9.77. The van der Waals surface area contributed by atoms with E-state index in [2.05, 4.69) is 19.2 Å². The molecule has 0 aliphatic heterocycles. The fraction of sp³-hybridized carbons (Fsp3) is 0.932. The van der Waals surface area contributed by atoms with Crippen LogP contribution in [0.25, 0.3) is 0 Å². The number of aliphatic hydroxyl groups is 2. The van der Waals surface area contributed by atoms with Gasteiger partial charge in [0.25, 0.3) is 0 Å². The third kappa shape index (κ3) is 39.6. The van der Waals surface area contributed by atoms with Crippen LogP contribution in [0, 0.1) is 0 Å². The molecule has 0 heterocycles. The first kappa shape index (κ1) is 49.2. The molecular weight excluding hydrogens is 590 g/mol. The first-order chi connectivity index (χ1) is 23.7. The minimum Gasteiger partial charge on any atom is -0.394 e. The lowest BCUT2D eigenvalue weighted by molar-refractivity contribution is -0.123. The molecule has 0 rings (SSSR count). The number of carbonyl (C=O) groups is 1. The normalized spacial score (nSPS) is 12.6. The zero-order valence-corrected chi connectivity index (χ0v) is 33.4. The summed E-state index contributed by atoms with van der Waals surface area (Å²) in [6.45, 7) is 8.32. The van der Waals surface area contributed by atoms with Crippen molar-refractivity contribution in [2.75, 3.05) is 6.61 Å². The van der Waals surface area contributed by atoms with E-state index in [1.807, 2.05) is 19.9 Å². The molecule has 0 fully saturated rings. The van der Waals surface area contributed by atoms with E-state index in [9.17, 15) is 15.0 Å². The van der Waals surface area contributed by atoms with E-state index in [4.69, 9.17) is 0 Å². The van der Waals surface area contributed by atoms with Gasteiger partial charge in [0.05, 0.1) is 18.8 Å². The van der Waals surface area contributed by atoms with Gasteiger partial charge >= 0.3 is 0 Å². The largest absolute Gasteiger partial charge is 0.394 e. The van der Waals surface area contributed by atoms with E-state index in [1.165, 1.54) is 186 Å². The highest BCUT2D eigenvalue weighted by Gasteiger charge is 2.17. The monoisotopic (exact) mass is 680 g/mol. The first-order valence-corrected chi connectivity index (χ1v) is 21.9. The van der Waals surface area contributed by atoms with Gasteiger partial charge in [-0.15, -0.1) is 0 Å². The van der Waals surface area contributed by atoms with Crippen LogP contribution in [0.5, 0.6) is 0 Å². The topological polar surface area (TPSA) is 69.6 Å². The Balaban J connectivity index is 0. The molecule has 4 heteroatoms. The number of aliphatic hydroxyl groups excluding tert-OH is 2. The van der Waals surface area contributed by atoms with Crippen LogP contribution in [0.3, 0.4) is 0 Å². The van der Waals surface area contributed by atoms with Gasteiger partial charge < -0.3 is 15.5 Å². The van der Waals surface area contributed by atoms with E-state index >= 15 is 0 Å². The molecule has 2 atom stereocenters. The highest BCUT2D eigenvalue weighted by molar-refractivity contribution is 5.76. The van der Waals surface area contributed by atoms with E-state index in [0.29, 0.717) is 6.42 Å². The van der Waals surface area contributed by atoms with Gasteiger partial charge in [0.2, 0.25) is 5.91 Å². The van der Waals surface area contributed by atoms with Crippen LogP contribution in [0.1, 0.15) is 246 Å². The molecule has 0 saturated heterocycles. The van der Waals surface area contributed by atoms with Crippen molar-refractivity contribution < 1.29 is 15.0 Å². The number of unbranched alkanes of at least 4 members (excludes halogenated alkanes) is 31. The highest BCUT2D eigenvalue weighted by Crippen LogP contribution is 2.16. The SMILES string of the molecule is CC.CCCCCCCCCCCCC/C=C/C(O)C(CO)NC(=O)CCCCCCCCCCCCCCCCCCCCCCC. The molecule has 0 aliphatic carbocycles. The number of amides is 1. The van der Waals surface area contributed by atoms with E-state index < -0.39 is 12.1 Å². The van der Waals surface area contributed by atoms with Crippen LogP contribution >= 0.6 is 0 Å². The molecule has 3 N–H and O–H groups in total. The molecule has 0 aromatic heterocycles. The smallest absolute Gasteiger partial charge is 0.220 e. The summed E-state index contributed by atoms with van der Waals surface area (Å²) in [6, 6.07) is -0.615. The second kappa shape index (κ2) is 44.2. The Hall–Kier alpha value is -0.870. The zero-order chi connectivity index (χ0) is 35.6. The lowest BCUT2D eigenvalue weighted by Gasteiger charge is -2.20. The molecule has 0 radical (unpaired) electrons. The molecular formula is C44H89NO3. The molecule has 0 aromatic rings. The van der Waals surface area contributed by atoms with Crippen LogP contribution in [0.2, 0.25) is 0 Å². The van der Waals surface area contributed by atoms with E-state index in [-0.39, 0.29) is 12.5 Å². The predicted octanol–water partition coefficient (Wildman–Crippen LogP) is 13.7. The molecule has 1 amide bonds. The highest BCUT2D eigenvalue weighted by atomic mass is 16.3. The number of allylic oxidation sites excluding steroid dienone is 1. The van der Waals surface area contributed by atoms with Gasteiger partial charge in [0.1, 0.15) is 0 Å². The minimum absolute atomic E-state index is 0.0605. The third-order valence-electron chi connectivity index (χ3n) is 9.77. The van der Waals surface area contributed by atoms with E-state index in [1.54, 1.807) is 6.08 Å². The number of hydrogen-bond donors (Lipinski definition) is 3. The van der Waals surface area contributed by atoms with Gasteiger partial charge in [0, 0.05) is 6.42 Å². The lowest BCUT2D eigenvalue weighted by Crippen LogP contribution is -2.45. The molecule has 0 aromatic carbocycles. The molecule has 0 spiro atoms. The average Bonchev–Trinajstić information content (AvgIpc) is 3.10. The number of nitrogens with one attached hydrogen (secondary N) is 1. The van der Waals surface area contributed by atoms with Crippen molar-refractivity contribution in [2.45, 2.75) is 258 Å². The maximum Gasteiger partial charge on any atom is 0.220 e. The summed E-state index contributed by atoms with van der Waals surface area (Å²) >= 11 is 0. The zero-order valence-electron chi connectivity index (χ0n) is 33.4. The molecule has 0 bridgehead atoms. The van der Waals surface area contributed by atoms with Gasteiger partial charge in [-0.2, -0.15) is 0 Å². The summed E-state index contributed by atoms with van der Waals surface area (Å²) in [7, 11) is 0. The van der Waals surface area contributed by atoms with Gasteiger partial charge in [-0.1, -0.05) is 232 Å². The molecule has 2 unspecified atom stereocenters. The fourth-order valence-electron chi connectivity index (χ4n) is 6.53. The van der Waals surface area contributed by atoms with Crippen LogP contribution < -0.4 is 5.32 Å². The molecule has 0 saturated carbocycles. The summed E-state index contributed by atoms with van der Waals surface area (Å²) in [5.41, 5.74) is 0. The summed E-state index contributed by atoms with van der Waals surface area (Å²) in [6.07, 6.45) is 47.4. The second-order valence-electron chi connectivity index (χ2n) is 14.4. The summed E-state index contributed by atoms with van der Waals surface area (Å²) in [5, 5.41) is 22.9. The van der Waals surface area contributed by atoms with Gasteiger partial charge in [0.15, 0.2) is 0 Å². The van der Waals surface area contributed by atoms with Crippen molar-refractivity contribution in [3.05, 3.63) is 12.2 Å². The van der Waals surface area contributed by atoms with Crippen molar-refractivity contribution >= 4 is 5.91 Å². The van der Waals surface area contributed by atoms with Gasteiger partial charge in [-0.05, 0) is 19.3 Å². The van der Waals surface area contributed by atoms with Crippen LogP contribution in [0.4, 0.5) is 0 Å². The van der Waals surface area contributed by atoms with Crippen molar-refractivity contribution in [1.82, 2.24) is 5.32 Å².